The molecule has 0 fully saturated rings. The molecule has 1 N–H and O–H groups in total. The van der Waals surface area contributed by atoms with E-state index in [9.17, 15) is 0 Å². The lowest BCUT2D eigenvalue weighted by Crippen LogP contribution is -2.17. The van der Waals surface area contributed by atoms with Crippen molar-refractivity contribution in [1.29, 1.82) is 0 Å². The van der Waals surface area contributed by atoms with Gasteiger partial charge in [-0.3, -0.25) is 0 Å². The Morgan fingerprint density at radius 2 is 2.27 bits per heavy atom. The Balaban J connectivity index is 2.11. The van der Waals surface area contributed by atoms with E-state index in [1.165, 1.54) is 30.5 Å². The molecule has 82 valence electrons. The average Bonchev–Trinajstić information content (AvgIpc) is 2.67. The quantitative estimate of drug-likeness (QED) is 0.821. The van der Waals surface area contributed by atoms with E-state index in [1.54, 1.807) is 6.33 Å². The van der Waals surface area contributed by atoms with Gasteiger partial charge in [0.1, 0.15) is 12.1 Å². The summed E-state index contributed by atoms with van der Waals surface area (Å²) in [6.45, 7) is 4.43. The number of aromatic nitrogens is 2. The summed E-state index contributed by atoms with van der Waals surface area (Å²) in [5, 5.41) is 3.49. The zero-order valence-electron chi connectivity index (χ0n) is 9.58. The van der Waals surface area contributed by atoms with Crippen LogP contribution in [0.15, 0.2) is 6.33 Å². The van der Waals surface area contributed by atoms with E-state index in [-0.39, 0.29) is 0 Å². The van der Waals surface area contributed by atoms with Crippen LogP contribution in [0.5, 0.6) is 0 Å². The van der Waals surface area contributed by atoms with Gasteiger partial charge >= 0.3 is 0 Å². The standard InChI is InChI=1S/C12H19N3/c1-3-5-9(2)15-12-10-6-4-7-11(10)13-8-14-12/h8-9H,3-7H2,1-2H3,(H,13,14,15). The molecule has 1 aliphatic rings. The number of anilines is 1. The zero-order chi connectivity index (χ0) is 10.7. The van der Waals surface area contributed by atoms with Gasteiger partial charge in [-0.25, -0.2) is 9.97 Å². The molecule has 15 heavy (non-hydrogen) atoms. The highest BCUT2D eigenvalue weighted by atomic mass is 15.0. The number of nitrogens with zero attached hydrogens (tertiary/aromatic N) is 2. The van der Waals surface area contributed by atoms with Crippen LogP contribution in [0, 0.1) is 0 Å². The minimum absolute atomic E-state index is 0.509. The van der Waals surface area contributed by atoms with E-state index in [0.717, 1.165) is 18.7 Å². The topological polar surface area (TPSA) is 37.8 Å². The molecule has 0 radical (unpaired) electrons. The number of rotatable bonds is 4. The fourth-order valence-corrected chi connectivity index (χ4v) is 2.22. The summed E-state index contributed by atoms with van der Waals surface area (Å²) < 4.78 is 0. The number of hydrogen-bond acceptors (Lipinski definition) is 3. The first-order chi connectivity index (χ1) is 7.31. The summed E-state index contributed by atoms with van der Waals surface area (Å²) in [6.07, 6.45) is 7.57. The molecule has 0 saturated heterocycles. The summed E-state index contributed by atoms with van der Waals surface area (Å²) in [5.74, 6) is 1.07. The minimum atomic E-state index is 0.509. The molecule has 0 amide bonds. The maximum atomic E-state index is 4.35. The van der Waals surface area contributed by atoms with Crippen molar-refractivity contribution in [2.45, 2.75) is 52.0 Å². The number of hydrogen-bond donors (Lipinski definition) is 1. The largest absolute Gasteiger partial charge is 0.367 e. The van der Waals surface area contributed by atoms with Crippen LogP contribution in [0.4, 0.5) is 5.82 Å². The SMILES string of the molecule is CCCC(C)Nc1ncnc2c1CCC2. The molecule has 1 aliphatic carbocycles. The van der Waals surface area contributed by atoms with Crippen LogP contribution in [-0.4, -0.2) is 16.0 Å². The van der Waals surface area contributed by atoms with Crippen LogP contribution in [0.2, 0.25) is 0 Å². The Labute approximate surface area is 91.3 Å². The first-order valence-electron chi connectivity index (χ1n) is 5.90. The first-order valence-corrected chi connectivity index (χ1v) is 5.90. The van der Waals surface area contributed by atoms with Gasteiger partial charge in [0.15, 0.2) is 0 Å². The molecule has 1 unspecified atom stereocenters. The van der Waals surface area contributed by atoms with Crippen LogP contribution in [0.1, 0.15) is 44.4 Å². The van der Waals surface area contributed by atoms with Crippen LogP contribution < -0.4 is 5.32 Å². The van der Waals surface area contributed by atoms with Crippen molar-refractivity contribution in [2.75, 3.05) is 5.32 Å². The Morgan fingerprint density at radius 3 is 3.07 bits per heavy atom. The van der Waals surface area contributed by atoms with Crippen molar-refractivity contribution >= 4 is 5.82 Å². The summed E-state index contributed by atoms with van der Waals surface area (Å²) in [6, 6.07) is 0.509. The Morgan fingerprint density at radius 1 is 1.40 bits per heavy atom. The third kappa shape index (κ3) is 2.28. The number of fused-ring (bicyclic) bond motifs is 1. The van der Waals surface area contributed by atoms with Gasteiger partial charge in [0.25, 0.3) is 0 Å². The van der Waals surface area contributed by atoms with E-state index in [0.29, 0.717) is 6.04 Å². The molecule has 0 aromatic carbocycles. The first kappa shape index (κ1) is 10.4. The maximum absolute atomic E-state index is 4.35. The van der Waals surface area contributed by atoms with Crippen molar-refractivity contribution in [3.63, 3.8) is 0 Å². The predicted octanol–water partition coefficient (Wildman–Crippen LogP) is 2.57. The normalized spacial score (nSPS) is 16.1. The molecule has 0 bridgehead atoms. The smallest absolute Gasteiger partial charge is 0.133 e. The lowest BCUT2D eigenvalue weighted by atomic mass is 10.2. The van der Waals surface area contributed by atoms with Gasteiger partial charge < -0.3 is 5.32 Å². The second kappa shape index (κ2) is 4.60. The van der Waals surface area contributed by atoms with E-state index >= 15 is 0 Å². The second-order valence-corrected chi connectivity index (χ2v) is 4.34. The van der Waals surface area contributed by atoms with Gasteiger partial charge in [-0.05, 0) is 32.6 Å². The predicted molar refractivity (Wildman–Crippen MR) is 62.0 cm³/mol. The number of aryl methyl sites for hydroxylation is 1. The fourth-order valence-electron chi connectivity index (χ4n) is 2.22. The maximum Gasteiger partial charge on any atom is 0.133 e. The van der Waals surface area contributed by atoms with E-state index < -0.39 is 0 Å². The molecule has 3 nitrogen and oxygen atoms in total. The van der Waals surface area contributed by atoms with Crippen molar-refractivity contribution in [1.82, 2.24) is 9.97 Å². The molecule has 0 saturated carbocycles. The van der Waals surface area contributed by atoms with Gasteiger partial charge in [0.05, 0.1) is 0 Å². The fraction of sp³-hybridized carbons (Fsp3) is 0.667. The lowest BCUT2D eigenvalue weighted by Gasteiger charge is -2.15. The summed E-state index contributed by atoms with van der Waals surface area (Å²) in [4.78, 5) is 8.67. The van der Waals surface area contributed by atoms with Crippen molar-refractivity contribution < 1.29 is 0 Å². The number of nitrogens with one attached hydrogen (secondary N) is 1. The highest BCUT2D eigenvalue weighted by Gasteiger charge is 2.17. The molecule has 3 heteroatoms. The zero-order valence-corrected chi connectivity index (χ0v) is 9.58. The van der Waals surface area contributed by atoms with Gasteiger partial charge in [-0.1, -0.05) is 13.3 Å². The molecule has 1 aromatic heterocycles. The van der Waals surface area contributed by atoms with Crippen molar-refractivity contribution in [3.8, 4) is 0 Å². The van der Waals surface area contributed by atoms with Gasteiger partial charge in [0.2, 0.25) is 0 Å². The van der Waals surface area contributed by atoms with Crippen molar-refractivity contribution in [3.05, 3.63) is 17.6 Å². The highest BCUT2D eigenvalue weighted by Crippen LogP contribution is 2.25. The highest BCUT2D eigenvalue weighted by molar-refractivity contribution is 5.48. The third-order valence-corrected chi connectivity index (χ3v) is 2.98. The van der Waals surface area contributed by atoms with Crippen molar-refractivity contribution in [2.24, 2.45) is 0 Å². The monoisotopic (exact) mass is 205 g/mol. The minimum Gasteiger partial charge on any atom is -0.367 e. The van der Waals surface area contributed by atoms with Gasteiger partial charge in [0, 0.05) is 17.3 Å². The molecule has 2 rings (SSSR count). The molecule has 1 heterocycles. The Hall–Kier alpha value is -1.12. The molecular formula is C12H19N3. The van der Waals surface area contributed by atoms with E-state index in [2.05, 4.69) is 29.1 Å². The Bertz CT molecular complexity index is 336. The molecule has 0 aliphatic heterocycles. The van der Waals surface area contributed by atoms with Gasteiger partial charge in [-0.15, -0.1) is 0 Å². The van der Waals surface area contributed by atoms with Crippen LogP contribution in [0.3, 0.4) is 0 Å². The van der Waals surface area contributed by atoms with Crippen LogP contribution >= 0.6 is 0 Å². The second-order valence-electron chi connectivity index (χ2n) is 4.34. The molecule has 1 atom stereocenters. The van der Waals surface area contributed by atoms with Gasteiger partial charge in [-0.2, -0.15) is 0 Å². The summed E-state index contributed by atoms with van der Waals surface area (Å²) in [5.41, 5.74) is 2.59. The van der Waals surface area contributed by atoms with E-state index in [1.807, 2.05) is 0 Å². The molecule has 0 spiro atoms. The lowest BCUT2D eigenvalue weighted by molar-refractivity contribution is 0.685. The average molecular weight is 205 g/mol. The molecule has 1 aromatic rings. The summed E-state index contributed by atoms with van der Waals surface area (Å²) in [7, 11) is 0. The Kier molecular flexibility index (Phi) is 3.19. The third-order valence-electron chi connectivity index (χ3n) is 2.98. The van der Waals surface area contributed by atoms with E-state index in [4.69, 9.17) is 0 Å². The molecular weight excluding hydrogens is 186 g/mol. The summed E-state index contributed by atoms with van der Waals surface area (Å²) >= 11 is 0. The van der Waals surface area contributed by atoms with Crippen LogP contribution in [-0.2, 0) is 12.8 Å². The van der Waals surface area contributed by atoms with Crippen LogP contribution in [0.25, 0.3) is 0 Å².